The van der Waals surface area contributed by atoms with Crippen LogP contribution < -0.4 is 9.64 Å². The predicted octanol–water partition coefficient (Wildman–Crippen LogP) is 10.1. The van der Waals surface area contributed by atoms with E-state index in [-0.39, 0.29) is 31.3 Å². The summed E-state index contributed by atoms with van der Waals surface area (Å²) in [7, 11) is 0. The quantitative estimate of drug-likeness (QED) is 0.137. The number of benzene rings is 5. The number of hydrogen-bond acceptors (Lipinski definition) is 3. The van der Waals surface area contributed by atoms with Crippen LogP contribution in [0.1, 0.15) is 49.9 Å². The molecule has 0 saturated carbocycles. The zero-order valence-electron chi connectivity index (χ0n) is 26.0. The summed E-state index contributed by atoms with van der Waals surface area (Å²) >= 11 is 0. The third-order valence-corrected chi connectivity index (χ3v) is 9.78. The minimum atomic E-state index is -0.179. The molecule has 4 heterocycles. The second kappa shape index (κ2) is 10.2. The molecule has 9 rings (SSSR count). The van der Waals surface area contributed by atoms with E-state index in [2.05, 4.69) is 128 Å². The maximum Gasteiger partial charge on any atom is 0.139 e. The first-order chi connectivity index (χ1) is 21.8. The van der Waals surface area contributed by atoms with Crippen LogP contribution in [-0.4, -0.2) is 9.55 Å². The minimum absolute atomic E-state index is 0. The van der Waals surface area contributed by atoms with Gasteiger partial charge in [0.2, 0.25) is 0 Å². The topological polar surface area (TPSA) is 30.3 Å². The van der Waals surface area contributed by atoms with Gasteiger partial charge in [0.15, 0.2) is 0 Å². The molecular formula is C41H30N3OPd-3. The van der Waals surface area contributed by atoms with E-state index < -0.39 is 0 Å². The van der Waals surface area contributed by atoms with Crippen molar-refractivity contribution in [2.24, 2.45) is 0 Å². The number of ether oxygens (including phenoxy) is 1. The van der Waals surface area contributed by atoms with Gasteiger partial charge in [0.05, 0.1) is 0 Å². The molecule has 7 aromatic rings. The monoisotopic (exact) mass is 686 g/mol. The van der Waals surface area contributed by atoms with Crippen molar-refractivity contribution in [3.63, 3.8) is 0 Å². The van der Waals surface area contributed by atoms with Gasteiger partial charge in [-0.25, -0.2) is 4.98 Å². The van der Waals surface area contributed by atoms with Crippen molar-refractivity contribution >= 4 is 39.0 Å². The fourth-order valence-electron chi connectivity index (χ4n) is 7.53. The molecule has 2 aliphatic rings. The van der Waals surface area contributed by atoms with Crippen LogP contribution in [0.15, 0.2) is 109 Å². The molecule has 4 nitrogen and oxygen atoms in total. The molecule has 0 amide bonds. The predicted molar refractivity (Wildman–Crippen MR) is 181 cm³/mol. The molecule has 0 aliphatic carbocycles. The Morgan fingerprint density at radius 1 is 0.652 bits per heavy atom. The smallest absolute Gasteiger partial charge is 0.139 e. The summed E-state index contributed by atoms with van der Waals surface area (Å²) in [5.41, 5.74) is 9.90. The standard InChI is InChI=1S/C41H30N3O.Pd/c1-40(2)32-16-6-8-20-36(32)44-37-25-28(21-22-29(37)30-14-10-17-33(40)38(30)44)45-27-13-9-12-26(24-27)43-35-19-7-5-15-31(35)41(3,4)34-18-11-23-42-39(34)43;/h5-19,21-23H,1-4H3;/q-3;. The zero-order valence-corrected chi connectivity index (χ0v) is 27.5. The van der Waals surface area contributed by atoms with Crippen molar-refractivity contribution in [3.8, 4) is 17.2 Å². The number of rotatable bonds is 3. The van der Waals surface area contributed by atoms with Crippen LogP contribution in [0.5, 0.6) is 11.5 Å². The van der Waals surface area contributed by atoms with Gasteiger partial charge in [-0.2, -0.15) is 36.4 Å². The Morgan fingerprint density at radius 3 is 2.28 bits per heavy atom. The van der Waals surface area contributed by atoms with Crippen molar-refractivity contribution in [3.05, 3.63) is 150 Å². The number of fused-ring (bicyclic) bond motifs is 7. The van der Waals surface area contributed by atoms with Crippen LogP contribution in [0.2, 0.25) is 0 Å². The first-order valence-corrected chi connectivity index (χ1v) is 15.4. The van der Waals surface area contributed by atoms with Crippen LogP contribution in [-0.2, 0) is 31.3 Å². The van der Waals surface area contributed by atoms with Crippen LogP contribution in [0.25, 0.3) is 27.5 Å². The average Bonchev–Trinajstić information content (AvgIpc) is 3.38. The molecule has 0 fully saturated rings. The number of nitrogens with zero attached hydrogens (tertiary/aromatic N) is 3. The Kier molecular flexibility index (Phi) is 6.35. The van der Waals surface area contributed by atoms with Crippen LogP contribution in [0, 0.1) is 18.2 Å². The first kappa shape index (κ1) is 28.8. The second-order valence-electron chi connectivity index (χ2n) is 13.0. The van der Waals surface area contributed by atoms with Gasteiger partial charge in [0.25, 0.3) is 0 Å². The molecule has 0 N–H and O–H groups in total. The van der Waals surface area contributed by atoms with Crippen molar-refractivity contribution < 1.29 is 25.2 Å². The maximum absolute atomic E-state index is 6.53. The molecule has 0 saturated heterocycles. The summed E-state index contributed by atoms with van der Waals surface area (Å²) in [6.45, 7) is 9.12. The molecule has 0 radical (unpaired) electrons. The summed E-state index contributed by atoms with van der Waals surface area (Å²) in [5.74, 6) is 2.17. The van der Waals surface area contributed by atoms with Crippen LogP contribution >= 0.6 is 0 Å². The number of pyridine rings is 1. The van der Waals surface area contributed by atoms with E-state index in [4.69, 9.17) is 9.72 Å². The Balaban J connectivity index is 0.00000312. The van der Waals surface area contributed by atoms with E-state index in [9.17, 15) is 0 Å². The number of hydrogen-bond donors (Lipinski definition) is 0. The largest absolute Gasteiger partial charge is 0.509 e. The van der Waals surface area contributed by atoms with Crippen LogP contribution in [0.3, 0.4) is 0 Å². The van der Waals surface area contributed by atoms with Gasteiger partial charge in [0, 0.05) is 60.3 Å². The van der Waals surface area contributed by atoms with E-state index in [0.717, 1.165) is 33.8 Å². The van der Waals surface area contributed by atoms with E-state index in [0.29, 0.717) is 11.5 Å². The molecule has 5 heteroatoms. The zero-order chi connectivity index (χ0) is 30.5. The molecule has 46 heavy (non-hydrogen) atoms. The minimum Gasteiger partial charge on any atom is -0.509 e. The van der Waals surface area contributed by atoms with E-state index >= 15 is 0 Å². The summed E-state index contributed by atoms with van der Waals surface area (Å²) in [4.78, 5) is 7.04. The van der Waals surface area contributed by atoms with Gasteiger partial charge in [-0.1, -0.05) is 87.1 Å². The molecule has 0 spiro atoms. The third-order valence-electron chi connectivity index (χ3n) is 9.78. The summed E-state index contributed by atoms with van der Waals surface area (Å²) in [6, 6.07) is 46.5. The number of para-hydroxylation sites is 3. The van der Waals surface area contributed by atoms with Crippen molar-refractivity contribution in [2.75, 3.05) is 4.90 Å². The third kappa shape index (κ3) is 3.92. The van der Waals surface area contributed by atoms with E-state index in [1.807, 2.05) is 36.5 Å². The molecule has 0 atom stereocenters. The molecule has 0 unspecified atom stereocenters. The van der Waals surface area contributed by atoms with Gasteiger partial charge < -0.3 is 14.2 Å². The number of anilines is 3. The molecule has 5 aromatic carbocycles. The SMILES string of the molecule is CC1(C)c2ccccc2N(c2[c-]c(Oc3[c-]c4c(cc3)c3cccc5c3n4-c3[c-]cccc3C5(C)C)ccc2)c2ncccc21.[Pd]. The normalized spacial score (nSPS) is 15.1. The van der Waals surface area contributed by atoms with Gasteiger partial charge >= 0.3 is 0 Å². The molecule has 2 aromatic heterocycles. The number of aromatic nitrogens is 2. The fourth-order valence-corrected chi connectivity index (χ4v) is 7.53. The maximum atomic E-state index is 6.53. The van der Waals surface area contributed by atoms with Gasteiger partial charge in [-0.15, -0.1) is 41.3 Å². The molecular weight excluding hydrogens is 657 g/mol. The molecule has 0 bridgehead atoms. The second-order valence-corrected chi connectivity index (χ2v) is 13.0. The summed E-state index contributed by atoms with van der Waals surface area (Å²) in [5, 5.41) is 2.36. The summed E-state index contributed by atoms with van der Waals surface area (Å²) in [6.07, 6.45) is 1.86. The van der Waals surface area contributed by atoms with Gasteiger partial charge in [-0.3, -0.25) is 0 Å². The average molecular weight is 687 g/mol. The van der Waals surface area contributed by atoms with Crippen molar-refractivity contribution in [1.82, 2.24) is 9.55 Å². The Hall–Kier alpha value is -4.69. The van der Waals surface area contributed by atoms with Gasteiger partial charge in [0.1, 0.15) is 5.82 Å². The van der Waals surface area contributed by atoms with E-state index in [1.165, 1.54) is 33.2 Å². The molecule has 228 valence electrons. The Morgan fingerprint density at radius 2 is 1.39 bits per heavy atom. The first-order valence-electron chi connectivity index (χ1n) is 15.4. The molecule has 2 aliphatic heterocycles. The fraction of sp³-hybridized carbons (Fsp3) is 0.146. The van der Waals surface area contributed by atoms with Crippen molar-refractivity contribution in [2.45, 2.75) is 38.5 Å². The van der Waals surface area contributed by atoms with E-state index in [1.54, 1.807) is 0 Å². The Labute approximate surface area is 282 Å². The van der Waals surface area contributed by atoms with Crippen LogP contribution in [0.4, 0.5) is 17.2 Å². The van der Waals surface area contributed by atoms with Gasteiger partial charge in [-0.05, 0) is 34.1 Å². The van der Waals surface area contributed by atoms with Crippen molar-refractivity contribution in [1.29, 1.82) is 0 Å². The Bertz CT molecular complexity index is 2280. The summed E-state index contributed by atoms with van der Waals surface area (Å²) < 4.78 is 8.83.